The number of carbonyl (C=O) groups excluding carboxylic acids is 1. The molecule has 106 valence electrons. The summed E-state index contributed by atoms with van der Waals surface area (Å²) < 4.78 is 13.5. The van der Waals surface area contributed by atoms with Crippen molar-refractivity contribution in [3.8, 4) is 0 Å². The fraction of sp³-hybridized carbons (Fsp3) is 0.500. The zero-order valence-electron chi connectivity index (χ0n) is 11.4. The third-order valence-electron chi connectivity index (χ3n) is 2.88. The van der Waals surface area contributed by atoms with E-state index in [-0.39, 0.29) is 31.0 Å². The van der Waals surface area contributed by atoms with Crippen molar-refractivity contribution in [2.45, 2.75) is 32.4 Å². The Morgan fingerprint density at radius 1 is 1.47 bits per heavy atom. The van der Waals surface area contributed by atoms with E-state index in [1.54, 1.807) is 25.2 Å². The van der Waals surface area contributed by atoms with Crippen LogP contribution in [0.3, 0.4) is 0 Å². The molecule has 1 unspecified atom stereocenters. The molecule has 0 saturated carbocycles. The summed E-state index contributed by atoms with van der Waals surface area (Å²) in [5.74, 6) is -0.310. The number of hydrogen-bond donors (Lipinski definition) is 2. The van der Waals surface area contributed by atoms with E-state index in [2.05, 4.69) is 5.32 Å². The highest BCUT2D eigenvalue weighted by atomic mass is 19.1. The van der Waals surface area contributed by atoms with E-state index in [1.807, 2.05) is 6.92 Å². The van der Waals surface area contributed by atoms with Gasteiger partial charge in [0.2, 0.25) is 0 Å². The minimum atomic E-state index is -0.310. The second-order valence-corrected chi connectivity index (χ2v) is 4.66. The SMILES string of the molecule is CC(CCCO)NC(=O)N(C)Cc1ccccc1F. The Morgan fingerprint density at radius 3 is 2.79 bits per heavy atom. The normalized spacial score (nSPS) is 12.0. The summed E-state index contributed by atoms with van der Waals surface area (Å²) in [6.45, 7) is 2.22. The summed E-state index contributed by atoms with van der Waals surface area (Å²) in [6.07, 6.45) is 1.37. The number of aliphatic hydroxyl groups excluding tert-OH is 1. The molecular weight excluding hydrogens is 247 g/mol. The van der Waals surface area contributed by atoms with Crippen LogP contribution >= 0.6 is 0 Å². The van der Waals surface area contributed by atoms with E-state index in [1.165, 1.54) is 11.0 Å². The number of nitrogens with zero attached hydrogens (tertiary/aromatic N) is 1. The van der Waals surface area contributed by atoms with Gasteiger partial charge in [-0.25, -0.2) is 9.18 Å². The van der Waals surface area contributed by atoms with Crippen LogP contribution in [-0.2, 0) is 6.54 Å². The van der Waals surface area contributed by atoms with Gasteiger partial charge in [0.05, 0.1) is 0 Å². The molecule has 0 aliphatic rings. The number of amides is 2. The van der Waals surface area contributed by atoms with Crippen LogP contribution in [0.15, 0.2) is 24.3 Å². The topological polar surface area (TPSA) is 52.6 Å². The molecule has 1 atom stereocenters. The van der Waals surface area contributed by atoms with Crippen molar-refractivity contribution in [1.82, 2.24) is 10.2 Å². The summed E-state index contributed by atoms with van der Waals surface area (Å²) in [4.78, 5) is 13.3. The summed E-state index contributed by atoms with van der Waals surface area (Å²) >= 11 is 0. The summed E-state index contributed by atoms with van der Waals surface area (Å²) in [7, 11) is 1.63. The number of urea groups is 1. The summed E-state index contributed by atoms with van der Waals surface area (Å²) in [5.41, 5.74) is 0.489. The van der Waals surface area contributed by atoms with Gasteiger partial charge in [-0.3, -0.25) is 0 Å². The van der Waals surface area contributed by atoms with Crippen LogP contribution in [0.25, 0.3) is 0 Å². The van der Waals surface area contributed by atoms with Crippen molar-refractivity contribution in [3.63, 3.8) is 0 Å². The zero-order chi connectivity index (χ0) is 14.3. The predicted molar refractivity (Wildman–Crippen MR) is 72.2 cm³/mol. The van der Waals surface area contributed by atoms with Gasteiger partial charge in [0.25, 0.3) is 0 Å². The van der Waals surface area contributed by atoms with E-state index in [0.717, 1.165) is 6.42 Å². The van der Waals surface area contributed by atoms with E-state index in [4.69, 9.17) is 5.11 Å². The Bertz CT molecular complexity index is 412. The second kappa shape index (κ2) is 7.74. The number of nitrogens with one attached hydrogen (secondary N) is 1. The van der Waals surface area contributed by atoms with Crippen molar-refractivity contribution < 1.29 is 14.3 Å². The lowest BCUT2D eigenvalue weighted by molar-refractivity contribution is 0.200. The van der Waals surface area contributed by atoms with Gasteiger partial charge >= 0.3 is 6.03 Å². The van der Waals surface area contributed by atoms with Crippen LogP contribution in [0.1, 0.15) is 25.3 Å². The fourth-order valence-electron chi connectivity index (χ4n) is 1.74. The maximum atomic E-state index is 13.5. The van der Waals surface area contributed by atoms with Gasteiger partial charge in [0.1, 0.15) is 5.82 Å². The first-order valence-corrected chi connectivity index (χ1v) is 6.40. The van der Waals surface area contributed by atoms with Gasteiger partial charge in [-0.15, -0.1) is 0 Å². The van der Waals surface area contributed by atoms with E-state index in [9.17, 15) is 9.18 Å². The maximum Gasteiger partial charge on any atom is 0.317 e. The van der Waals surface area contributed by atoms with Crippen molar-refractivity contribution in [2.75, 3.05) is 13.7 Å². The molecule has 1 aromatic carbocycles. The van der Waals surface area contributed by atoms with Gasteiger partial charge in [0.15, 0.2) is 0 Å². The molecule has 0 heterocycles. The van der Waals surface area contributed by atoms with Crippen molar-refractivity contribution in [3.05, 3.63) is 35.6 Å². The first-order chi connectivity index (χ1) is 9.04. The Hall–Kier alpha value is -1.62. The molecule has 0 radical (unpaired) electrons. The quantitative estimate of drug-likeness (QED) is 0.830. The second-order valence-electron chi connectivity index (χ2n) is 4.66. The number of rotatable bonds is 6. The first-order valence-electron chi connectivity index (χ1n) is 6.40. The van der Waals surface area contributed by atoms with Crippen molar-refractivity contribution in [2.24, 2.45) is 0 Å². The molecule has 5 heteroatoms. The van der Waals surface area contributed by atoms with Gasteiger partial charge in [-0.2, -0.15) is 0 Å². The monoisotopic (exact) mass is 268 g/mol. The first kappa shape index (κ1) is 15.4. The van der Waals surface area contributed by atoms with Gasteiger partial charge in [-0.1, -0.05) is 18.2 Å². The highest BCUT2D eigenvalue weighted by Crippen LogP contribution is 2.09. The molecule has 2 amide bonds. The summed E-state index contributed by atoms with van der Waals surface area (Å²) in [5, 5.41) is 11.5. The number of halogens is 1. The van der Waals surface area contributed by atoms with Gasteiger partial charge in [-0.05, 0) is 25.8 Å². The summed E-state index contributed by atoms with van der Waals surface area (Å²) in [6, 6.07) is 6.15. The average molecular weight is 268 g/mol. The predicted octanol–water partition coefficient (Wildman–Crippen LogP) is 2.13. The molecule has 0 spiro atoms. The Balaban J connectivity index is 2.47. The van der Waals surface area contributed by atoms with Crippen molar-refractivity contribution in [1.29, 1.82) is 0 Å². The number of benzene rings is 1. The Morgan fingerprint density at radius 2 is 2.16 bits per heavy atom. The molecule has 0 aliphatic heterocycles. The lowest BCUT2D eigenvalue weighted by atomic mass is 10.2. The molecule has 0 aliphatic carbocycles. The number of aliphatic hydroxyl groups is 1. The highest BCUT2D eigenvalue weighted by molar-refractivity contribution is 5.74. The number of carbonyl (C=O) groups is 1. The van der Waals surface area contributed by atoms with Crippen LogP contribution < -0.4 is 5.32 Å². The van der Waals surface area contributed by atoms with Gasteiger partial charge < -0.3 is 15.3 Å². The lowest BCUT2D eigenvalue weighted by Gasteiger charge is -2.21. The van der Waals surface area contributed by atoms with Crippen LogP contribution in [0.2, 0.25) is 0 Å². The van der Waals surface area contributed by atoms with E-state index < -0.39 is 0 Å². The van der Waals surface area contributed by atoms with Crippen molar-refractivity contribution >= 4 is 6.03 Å². The molecule has 1 aromatic rings. The highest BCUT2D eigenvalue weighted by Gasteiger charge is 2.13. The Kier molecular flexibility index (Phi) is 6.29. The number of hydrogen-bond acceptors (Lipinski definition) is 2. The standard InChI is InChI=1S/C14H21FN2O2/c1-11(6-5-9-18)16-14(19)17(2)10-12-7-3-4-8-13(12)15/h3-4,7-8,11,18H,5-6,9-10H2,1-2H3,(H,16,19). The minimum absolute atomic E-state index is 0.0114. The van der Waals surface area contributed by atoms with Crippen LogP contribution in [0.4, 0.5) is 9.18 Å². The molecule has 0 saturated heterocycles. The van der Waals surface area contributed by atoms with E-state index in [0.29, 0.717) is 12.0 Å². The average Bonchev–Trinajstić information content (AvgIpc) is 2.38. The zero-order valence-corrected chi connectivity index (χ0v) is 11.4. The van der Waals surface area contributed by atoms with Crippen LogP contribution in [0, 0.1) is 5.82 Å². The van der Waals surface area contributed by atoms with Gasteiger partial charge in [0, 0.05) is 31.8 Å². The Labute approximate surface area is 113 Å². The molecular formula is C14H21FN2O2. The molecule has 19 heavy (non-hydrogen) atoms. The molecule has 4 nitrogen and oxygen atoms in total. The minimum Gasteiger partial charge on any atom is -0.396 e. The fourth-order valence-corrected chi connectivity index (χ4v) is 1.74. The van der Waals surface area contributed by atoms with Crippen LogP contribution in [0.5, 0.6) is 0 Å². The smallest absolute Gasteiger partial charge is 0.317 e. The third-order valence-corrected chi connectivity index (χ3v) is 2.88. The maximum absolute atomic E-state index is 13.5. The van der Waals surface area contributed by atoms with Crippen LogP contribution in [-0.4, -0.2) is 35.7 Å². The largest absolute Gasteiger partial charge is 0.396 e. The molecule has 0 fully saturated rings. The molecule has 0 aromatic heterocycles. The van der Waals surface area contributed by atoms with E-state index >= 15 is 0 Å². The third kappa shape index (κ3) is 5.26. The molecule has 2 N–H and O–H groups in total. The molecule has 0 bridgehead atoms. The lowest BCUT2D eigenvalue weighted by Crippen LogP contribution is -2.41. The molecule has 1 rings (SSSR count).